The second-order valence-corrected chi connectivity index (χ2v) is 5.38. The molecule has 4 nitrogen and oxygen atoms in total. The van der Waals surface area contributed by atoms with Crippen molar-refractivity contribution >= 4 is 11.6 Å². The number of carbonyl (C=O) groups is 1. The number of hydrogen-bond acceptors (Lipinski definition) is 3. The maximum absolute atomic E-state index is 12.6. The van der Waals surface area contributed by atoms with Gasteiger partial charge in [0.1, 0.15) is 0 Å². The molecule has 2 N–H and O–H groups in total. The predicted molar refractivity (Wildman–Crippen MR) is 78.2 cm³/mol. The maximum Gasteiger partial charge on any atom is 0.256 e. The van der Waals surface area contributed by atoms with E-state index in [1.165, 1.54) is 0 Å². The van der Waals surface area contributed by atoms with Crippen LogP contribution in [0.3, 0.4) is 0 Å². The lowest BCUT2D eigenvalue weighted by Gasteiger charge is -2.39. The number of rotatable bonds is 2. The highest BCUT2D eigenvalue weighted by Gasteiger charge is 2.27. The fourth-order valence-corrected chi connectivity index (χ4v) is 2.60. The SMILES string of the molecule is CCC1CN(C(=O)c2cc(C)ccc2N)CCN1C. The zero-order valence-corrected chi connectivity index (χ0v) is 12.0. The molecule has 1 heterocycles. The number of aryl methyl sites for hydroxylation is 1. The van der Waals surface area contributed by atoms with Crippen LogP contribution in [0.1, 0.15) is 29.3 Å². The van der Waals surface area contributed by atoms with Crippen molar-refractivity contribution in [3.63, 3.8) is 0 Å². The van der Waals surface area contributed by atoms with Crippen LogP contribution in [0.15, 0.2) is 18.2 Å². The second-order valence-electron chi connectivity index (χ2n) is 5.38. The number of amides is 1. The highest BCUT2D eigenvalue weighted by molar-refractivity contribution is 5.99. The molecule has 1 fully saturated rings. The Bertz CT molecular complexity index is 472. The molecule has 0 spiro atoms. The molecule has 0 aliphatic carbocycles. The fraction of sp³-hybridized carbons (Fsp3) is 0.533. The smallest absolute Gasteiger partial charge is 0.256 e. The topological polar surface area (TPSA) is 49.6 Å². The van der Waals surface area contributed by atoms with Crippen molar-refractivity contribution in [2.45, 2.75) is 26.3 Å². The first kappa shape index (κ1) is 13.9. The number of nitrogens with two attached hydrogens (primary N) is 1. The van der Waals surface area contributed by atoms with E-state index in [0.29, 0.717) is 17.3 Å². The third kappa shape index (κ3) is 2.89. The highest BCUT2D eigenvalue weighted by Crippen LogP contribution is 2.19. The molecule has 1 saturated heterocycles. The maximum atomic E-state index is 12.6. The Morgan fingerprint density at radius 3 is 2.84 bits per heavy atom. The average Bonchev–Trinajstić information content (AvgIpc) is 2.41. The Hall–Kier alpha value is -1.55. The van der Waals surface area contributed by atoms with Gasteiger partial charge in [0, 0.05) is 31.4 Å². The average molecular weight is 261 g/mol. The van der Waals surface area contributed by atoms with Gasteiger partial charge < -0.3 is 10.6 Å². The number of anilines is 1. The van der Waals surface area contributed by atoms with Gasteiger partial charge in [-0.3, -0.25) is 9.69 Å². The standard InChI is InChI=1S/C15H23N3O/c1-4-12-10-18(8-7-17(12)3)15(19)13-9-11(2)5-6-14(13)16/h5-6,9,12H,4,7-8,10,16H2,1-3H3. The zero-order valence-electron chi connectivity index (χ0n) is 12.0. The minimum atomic E-state index is 0.0627. The van der Waals surface area contributed by atoms with E-state index in [2.05, 4.69) is 18.9 Å². The number of nitrogen functional groups attached to an aromatic ring is 1. The van der Waals surface area contributed by atoms with Crippen LogP contribution in [0.4, 0.5) is 5.69 Å². The van der Waals surface area contributed by atoms with E-state index in [9.17, 15) is 4.79 Å². The van der Waals surface area contributed by atoms with E-state index in [1.807, 2.05) is 30.0 Å². The molecule has 1 aromatic carbocycles. The number of likely N-dealkylation sites (N-methyl/N-ethyl adjacent to an activating group) is 1. The molecule has 0 saturated carbocycles. The summed E-state index contributed by atoms with van der Waals surface area (Å²) in [6.45, 7) is 6.64. The Balaban J connectivity index is 2.18. The Morgan fingerprint density at radius 1 is 1.42 bits per heavy atom. The van der Waals surface area contributed by atoms with Crippen LogP contribution in [-0.4, -0.2) is 48.4 Å². The second kappa shape index (κ2) is 5.61. The van der Waals surface area contributed by atoms with Crippen molar-refractivity contribution in [3.05, 3.63) is 29.3 Å². The summed E-state index contributed by atoms with van der Waals surface area (Å²) in [7, 11) is 2.12. The number of benzene rings is 1. The van der Waals surface area contributed by atoms with Gasteiger partial charge in [-0.1, -0.05) is 18.6 Å². The third-order valence-electron chi connectivity index (χ3n) is 3.97. The van der Waals surface area contributed by atoms with Crippen LogP contribution >= 0.6 is 0 Å². The van der Waals surface area contributed by atoms with Gasteiger partial charge in [0.25, 0.3) is 5.91 Å². The summed E-state index contributed by atoms with van der Waals surface area (Å²) in [4.78, 5) is 16.8. The van der Waals surface area contributed by atoms with E-state index in [0.717, 1.165) is 31.6 Å². The molecule has 1 aliphatic heterocycles. The van der Waals surface area contributed by atoms with E-state index < -0.39 is 0 Å². The number of carbonyl (C=O) groups excluding carboxylic acids is 1. The molecule has 1 amide bonds. The Labute approximate surface area is 115 Å². The van der Waals surface area contributed by atoms with Crippen molar-refractivity contribution in [3.8, 4) is 0 Å². The predicted octanol–water partition coefficient (Wildman–Crippen LogP) is 1.74. The van der Waals surface area contributed by atoms with Gasteiger partial charge in [0.05, 0.1) is 5.56 Å². The minimum absolute atomic E-state index is 0.0627. The first-order valence-electron chi connectivity index (χ1n) is 6.88. The Kier molecular flexibility index (Phi) is 4.10. The number of nitrogens with zero attached hydrogens (tertiary/aromatic N) is 2. The van der Waals surface area contributed by atoms with Crippen molar-refractivity contribution in [2.24, 2.45) is 0 Å². The van der Waals surface area contributed by atoms with Crippen LogP contribution in [0.25, 0.3) is 0 Å². The van der Waals surface area contributed by atoms with Crippen molar-refractivity contribution in [1.29, 1.82) is 0 Å². The molecule has 0 bridgehead atoms. The first-order valence-corrected chi connectivity index (χ1v) is 6.88. The van der Waals surface area contributed by atoms with Crippen LogP contribution in [0.2, 0.25) is 0 Å². The summed E-state index contributed by atoms with van der Waals surface area (Å²) in [5, 5.41) is 0. The summed E-state index contributed by atoms with van der Waals surface area (Å²) in [6.07, 6.45) is 1.06. The third-order valence-corrected chi connectivity index (χ3v) is 3.97. The van der Waals surface area contributed by atoms with Gasteiger partial charge in [-0.2, -0.15) is 0 Å². The molecule has 1 atom stereocenters. The van der Waals surface area contributed by atoms with Gasteiger partial charge in [-0.25, -0.2) is 0 Å². The minimum Gasteiger partial charge on any atom is -0.398 e. The summed E-state index contributed by atoms with van der Waals surface area (Å²) in [5.74, 6) is 0.0627. The molecule has 2 rings (SSSR count). The monoisotopic (exact) mass is 261 g/mol. The van der Waals surface area contributed by atoms with Crippen LogP contribution < -0.4 is 5.73 Å². The highest BCUT2D eigenvalue weighted by atomic mass is 16.2. The van der Waals surface area contributed by atoms with E-state index in [1.54, 1.807) is 0 Å². The molecule has 1 aromatic rings. The molecular weight excluding hydrogens is 238 g/mol. The van der Waals surface area contributed by atoms with Crippen molar-refractivity contribution in [1.82, 2.24) is 9.80 Å². The van der Waals surface area contributed by atoms with E-state index in [-0.39, 0.29) is 5.91 Å². The number of piperazine rings is 1. The molecular formula is C15H23N3O. The Morgan fingerprint density at radius 2 is 2.16 bits per heavy atom. The van der Waals surface area contributed by atoms with E-state index in [4.69, 9.17) is 5.73 Å². The van der Waals surface area contributed by atoms with Crippen LogP contribution in [-0.2, 0) is 0 Å². The zero-order chi connectivity index (χ0) is 14.0. The number of hydrogen-bond donors (Lipinski definition) is 1. The largest absolute Gasteiger partial charge is 0.398 e. The van der Waals surface area contributed by atoms with Gasteiger partial charge in [-0.05, 0) is 32.5 Å². The first-order chi connectivity index (χ1) is 9.02. The quantitative estimate of drug-likeness (QED) is 0.825. The summed E-state index contributed by atoms with van der Waals surface area (Å²) in [5.41, 5.74) is 8.21. The normalized spacial score (nSPS) is 20.6. The van der Waals surface area contributed by atoms with Gasteiger partial charge in [0.2, 0.25) is 0 Å². The lowest BCUT2D eigenvalue weighted by molar-refractivity contribution is 0.0543. The molecule has 4 heteroatoms. The van der Waals surface area contributed by atoms with Crippen LogP contribution in [0.5, 0.6) is 0 Å². The van der Waals surface area contributed by atoms with Gasteiger partial charge in [0.15, 0.2) is 0 Å². The fourth-order valence-electron chi connectivity index (χ4n) is 2.60. The molecule has 0 radical (unpaired) electrons. The molecule has 1 unspecified atom stereocenters. The lowest BCUT2D eigenvalue weighted by atomic mass is 10.1. The van der Waals surface area contributed by atoms with Crippen molar-refractivity contribution in [2.75, 3.05) is 32.4 Å². The lowest BCUT2D eigenvalue weighted by Crippen LogP contribution is -2.53. The molecule has 1 aliphatic rings. The summed E-state index contributed by atoms with van der Waals surface area (Å²) < 4.78 is 0. The molecule has 19 heavy (non-hydrogen) atoms. The summed E-state index contributed by atoms with van der Waals surface area (Å²) in [6, 6.07) is 6.08. The van der Waals surface area contributed by atoms with E-state index >= 15 is 0 Å². The molecule has 104 valence electrons. The van der Waals surface area contributed by atoms with Gasteiger partial charge >= 0.3 is 0 Å². The van der Waals surface area contributed by atoms with Gasteiger partial charge in [-0.15, -0.1) is 0 Å². The summed E-state index contributed by atoms with van der Waals surface area (Å²) >= 11 is 0. The van der Waals surface area contributed by atoms with Crippen molar-refractivity contribution < 1.29 is 4.79 Å². The van der Waals surface area contributed by atoms with Crippen LogP contribution in [0, 0.1) is 6.92 Å². The molecule has 0 aromatic heterocycles.